The molecule has 1 aromatic carbocycles. The smallest absolute Gasteiger partial charge is 0.358 e. The predicted molar refractivity (Wildman–Crippen MR) is 86.6 cm³/mol. The number of aromatic nitrogens is 1. The molecule has 0 fully saturated rings. The highest BCUT2D eigenvalue weighted by Gasteiger charge is 2.21. The Labute approximate surface area is 142 Å². The fourth-order valence-corrected chi connectivity index (χ4v) is 2.30. The number of ether oxygens (including phenoxy) is 2. The molecule has 122 valence electrons. The molecule has 0 atom stereocenters. The number of methoxy groups -OCH3 is 1. The van der Waals surface area contributed by atoms with Gasteiger partial charge in [-0.2, -0.15) is 0 Å². The van der Waals surface area contributed by atoms with E-state index in [0.717, 1.165) is 0 Å². The second-order valence-electron chi connectivity index (χ2n) is 4.42. The van der Waals surface area contributed by atoms with Crippen LogP contribution in [-0.2, 0) is 4.74 Å². The highest BCUT2D eigenvalue weighted by Crippen LogP contribution is 2.36. The van der Waals surface area contributed by atoms with Crippen LogP contribution in [0.4, 0.5) is 10.1 Å². The number of halogens is 3. The van der Waals surface area contributed by atoms with Crippen LogP contribution in [-0.4, -0.2) is 24.7 Å². The van der Waals surface area contributed by atoms with Crippen molar-refractivity contribution in [3.63, 3.8) is 0 Å². The van der Waals surface area contributed by atoms with Crippen LogP contribution in [0.1, 0.15) is 17.4 Å². The maximum atomic E-state index is 14.6. The van der Waals surface area contributed by atoms with Crippen molar-refractivity contribution in [2.45, 2.75) is 6.92 Å². The van der Waals surface area contributed by atoms with Crippen molar-refractivity contribution in [3.8, 4) is 17.0 Å². The molecule has 1 aromatic heterocycles. The number of hydrogen-bond acceptors (Lipinski definition) is 5. The number of carbonyl (C=O) groups is 1. The molecular weight excluding hydrogens is 346 g/mol. The molecule has 0 bridgehead atoms. The van der Waals surface area contributed by atoms with E-state index in [-0.39, 0.29) is 45.0 Å². The van der Waals surface area contributed by atoms with Crippen LogP contribution >= 0.6 is 23.2 Å². The first-order valence-corrected chi connectivity index (χ1v) is 7.31. The lowest BCUT2D eigenvalue weighted by atomic mass is 10.1. The third kappa shape index (κ3) is 3.33. The van der Waals surface area contributed by atoms with E-state index in [1.54, 1.807) is 6.92 Å². The molecule has 2 N–H and O–H groups in total. The molecule has 0 unspecified atom stereocenters. The molecule has 0 aliphatic rings. The molecule has 5 nitrogen and oxygen atoms in total. The summed E-state index contributed by atoms with van der Waals surface area (Å²) in [4.78, 5) is 15.8. The fraction of sp³-hybridized carbons (Fsp3) is 0.200. The molecule has 0 saturated carbocycles. The molecule has 23 heavy (non-hydrogen) atoms. The predicted octanol–water partition coefficient (Wildman–Crippen LogP) is 3.96. The summed E-state index contributed by atoms with van der Waals surface area (Å²) in [6.07, 6.45) is 0. The highest BCUT2D eigenvalue weighted by molar-refractivity contribution is 6.35. The summed E-state index contributed by atoms with van der Waals surface area (Å²) in [5.41, 5.74) is 5.83. The number of nitrogen functional groups attached to an aromatic ring is 1. The van der Waals surface area contributed by atoms with Crippen LogP contribution in [0.2, 0.25) is 10.0 Å². The molecule has 0 amide bonds. The molecule has 2 aromatic rings. The van der Waals surface area contributed by atoms with Crippen molar-refractivity contribution in [1.29, 1.82) is 0 Å². The summed E-state index contributed by atoms with van der Waals surface area (Å²) in [5.74, 6) is -1.58. The lowest BCUT2D eigenvalue weighted by molar-refractivity contribution is 0.0594. The zero-order chi connectivity index (χ0) is 17.1. The average Bonchev–Trinajstić information content (AvgIpc) is 2.53. The Morgan fingerprint density at radius 2 is 2.09 bits per heavy atom. The minimum absolute atomic E-state index is 0.0556. The van der Waals surface area contributed by atoms with E-state index >= 15 is 0 Å². The molecule has 0 spiro atoms. The Bertz CT molecular complexity index is 769. The maximum Gasteiger partial charge on any atom is 0.358 e. The quantitative estimate of drug-likeness (QED) is 0.837. The maximum absolute atomic E-state index is 14.6. The first-order chi connectivity index (χ1) is 10.9. The molecule has 1 heterocycles. The normalized spacial score (nSPS) is 10.5. The van der Waals surface area contributed by atoms with Crippen LogP contribution in [0.3, 0.4) is 0 Å². The summed E-state index contributed by atoms with van der Waals surface area (Å²) in [6, 6.07) is 4.24. The Morgan fingerprint density at radius 1 is 1.39 bits per heavy atom. The highest BCUT2D eigenvalue weighted by atomic mass is 35.5. The number of rotatable bonds is 4. The number of nitrogens with zero attached hydrogens (tertiary/aromatic N) is 1. The van der Waals surface area contributed by atoms with Gasteiger partial charge >= 0.3 is 5.97 Å². The van der Waals surface area contributed by atoms with Crippen molar-refractivity contribution < 1.29 is 18.7 Å². The Kier molecular flexibility index (Phi) is 5.28. The van der Waals surface area contributed by atoms with Gasteiger partial charge in [-0.25, -0.2) is 14.2 Å². The molecular formula is C15H13Cl2FN2O3. The summed E-state index contributed by atoms with van der Waals surface area (Å²) in [7, 11) is 1.18. The van der Waals surface area contributed by atoms with Gasteiger partial charge in [-0.1, -0.05) is 23.2 Å². The van der Waals surface area contributed by atoms with Gasteiger partial charge in [0.2, 0.25) is 0 Å². The van der Waals surface area contributed by atoms with Crippen LogP contribution in [0.15, 0.2) is 18.2 Å². The van der Waals surface area contributed by atoms with Gasteiger partial charge in [-0.05, 0) is 25.1 Å². The van der Waals surface area contributed by atoms with Gasteiger partial charge in [0.1, 0.15) is 0 Å². The van der Waals surface area contributed by atoms with Gasteiger partial charge in [0.25, 0.3) is 0 Å². The van der Waals surface area contributed by atoms with E-state index < -0.39 is 11.8 Å². The zero-order valence-electron chi connectivity index (χ0n) is 12.3. The van der Waals surface area contributed by atoms with Gasteiger partial charge < -0.3 is 15.2 Å². The van der Waals surface area contributed by atoms with Crippen molar-refractivity contribution in [2.24, 2.45) is 0 Å². The van der Waals surface area contributed by atoms with Gasteiger partial charge in [0.05, 0.1) is 35.1 Å². The number of carbonyl (C=O) groups excluding carboxylic acids is 1. The van der Waals surface area contributed by atoms with Crippen molar-refractivity contribution in [2.75, 3.05) is 19.5 Å². The summed E-state index contributed by atoms with van der Waals surface area (Å²) < 4.78 is 24.4. The topological polar surface area (TPSA) is 74.4 Å². The Balaban J connectivity index is 2.65. The second-order valence-corrected chi connectivity index (χ2v) is 5.21. The molecule has 0 aliphatic carbocycles. The Morgan fingerprint density at radius 3 is 2.70 bits per heavy atom. The first-order valence-electron chi connectivity index (χ1n) is 6.56. The summed E-state index contributed by atoms with van der Waals surface area (Å²) in [6.45, 7) is 1.94. The summed E-state index contributed by atoms with van der Waals surface area (Å²) >= 11 is 11.9. The van der Waals surface area contributed by atoms with Crippen molar-refractivity contribution in [3.05, 3.63) is 39.8 Å². The lowest BCUT2D eigenvalue weighted by Crippen LogP contribution is -2.08. The zero-order valence-corrected chi connectivity index (χ0v) is 13.8. The molecule has 0 saturated heterocycles. The number of hydrogen-bond donors (Lipinski definition) is 1. The third-order valence-electron chi connectivity index (χ3n) is 2.98. The SMILES string of the molecule is CCOc1c(Cl)ccc(-c2cc(N)c(Cl)c(C(=O)OC)n2)c1F. The van der Waals surface area contributed by atoms with E-state index in [4.69, 9.17) is 33.7 Å². The minimum atomic E-state index is -0.775. The van der Waals surface area contributed by atoms with Gasteiger partial charge in [0.15, 0.2) is 17.3 Å². The van der Waals surface area contributed by atoms with Crippen molar-refractivity contribution >= 4 is 34.9 Å². The van der Waals surface area contributed by atoms with Gasteiger partial charge in [-0.15, -0.1) is 0 Å². The fourth-order valence-electron chi connectivity index (χ4n) is 1.93. The van der Waals surface area contributed by atoms with Crippen molar-refractivity contribution in [1.82, 2.24) is 4.98 Å². The second kappa shape index (κ2) is 7.02. The lowest BCUT2D eigenvalue weighted by Gasteiger charge is -2.12. The largest absolute Gasteiger partial charge is 0.489 e. The van der Waals surface area contributed by atoms with E-state index in [1.807, 2.05) is 0 Å². The van der Waals surface area contributed by atoms with E-state index in [2.05, 4.69) is 9.72 Å². The average molecular weight is 359 g/mol. The minimum Gasteiger partial charge on any atom is -0.489 e. The summed E-state index contributed by atoms with van der Waals surface area (Å²) in [5, 5.41) is 0.0724. The van der Waals surface area contributed by atoms with Crippen LogP contribution < -0.4 is 10.5 Å². The third-order valence-corrected chi connectivity index (χ3v) is 3.67. The van der Waals surface area contributed by atoms with Crippen LogP contribution in [0.25, 0.3) is 11.3 Å². The number of pyridine rings is 1. The van der Waals surface area contributed by atoms with E-state index in [1.165, 1.54) is 25.3 Å². The van der Waals surface area contributed by atoms with Crippen LogP contribution in [0.5, 0.6) is 5.75 Å². The standard InChI is InChI=1S/C15H13Cl2FN2O3/c1-3-23-14-8(16)5-4-7(12(14)18)10-6-9(19)11(17)13(20-10)15(21)22-2/h4-6H,3H2,1-2H3,(H2,19,20). The van der Waals surface area contributed by atoms with Crippen LogP contribution in [0, 0.1) is 5.82 Å². The van der Waals surface area contributed by atoms with Gasteiger partial charge in [-0.3, -0.25) is 0 Å². The number of anilines is 1. The Hall–Kier alpha value is -2.05. The molecule has 8 heteroatoms. The van der Waals surface area contributed by atoms with E-state index in [0.29, 0.717) is 0 Å². The van der Waals surface area contributed by atoms with E-state index in [9.17, 15) is 9.18 Å². The molecule has 0 radical (unpaired) electrons. The monoisotopic (exact) mass is 358 g/mol. The van der Waals surface area contributed by atoms with Gasteiger partial charge in [0, 0.05) is 5.56 Å². The number of benzene rings is 1. The number of esters is 1. The first kappa shape index (κ1) is 17.3. The molecule has 2 rings (SSSR count). The number of nitrogens with two attached hydrogens (primary N) is 1. The molecule has 0 aliphatic heterocycles.